The van der Waals surface area contributed by atoms with Crippen LogP contribution in [0.2, 0.25) is 0 Å². The summed E-state index contributed by atoms with van der Waals surface area (Å²) in [5.74, 6) is 0.673. The highest BCUT2D eigenvalue weighted by molar-refractivity contribution is 5.89. The third-order valence-corrected chi connectivity index (χ3v) is 3.12. The maximum Gasteiger partial charge on any atom is 0.335 e. The van der Waals surface area contributed by atoms with Gasteiger partial charge in [0.15, 0.2) is 0 Å². The molecule has 0 unspecified atom stereocenters. The highest BCUT2D eigenvalue weighted by atomic mass is 16.4. The van der Waals surface area contributed by atoms with Crippen LogP contribution in [0.15, 0.2) is 36.5 Å². The molecule has 1 aromatic carbocycles. The normalized spacial score (nSPS) is 10.3. The maximum absolute atomic E-state index is 11.1. The molecule has 1 aromatic heterocycles. The first kappa shape index (κ1) is 14.0. The topological polar surface area (TPSA) is 66.3 Å². The Morgan fingerprint density at radius 3 is 2.75 bits per heavy atom. The first-order valence-electron chi connectivity index (χ1n) is 6.40. The number of aromatic carboxylic acids is 1. The quantitative estimate of drug-likeness (QED) is 0.902. The second-order valence-electron chi connectivity index (χ2n) is 4.60. The minimum Gasteiger partial charge on any atom is -0.478 e. The van der Waals surface area contributed by atoms with Crippen molar-refractivity contribution >= 4 is 11.8 Å². The first-order valence-corrected chi connectivity index (χ1v) is 6.40. The minimum absolute atomic E-state index is 0.361. The Morgan fingerprint density at radius 2 is 2.05 bits per heavy atom. The van der Waals surface area contributed by atoms with Crippen molar-refractivity contribution in [1.82, 2.24) is 9.97 Å². The molecule has 0 amide bonds. The van der Waals surface area contributed by atoms with E-state index in [0.717, 1.165) is 17.2 Å². The van der Waals surface area contributed by atoms with E-state index in [1.165, 1.54) is 0 Å². The van der Waals surface area contributed by atoms with Gasteiger partial charge < -0.3 is 10.0 Å². The van der Waals surface area contributed by atoms with Gasteiger partial charge in [0.05, 0.1) is 5.56 Å². The zero-order valence-electron chi connectivity index (χ0n) is 11.6. The van der Waals surface area contributed by atoms with Crippen molar-refractivity contribution in [2.45, 2.75) is 13.3 Å². The molecule has 0 spiro atoms. The van der Waals surface area contributed by atoms with Crippen LogP contribution in [0.3, 0.4) is 0 Å². The molecule has 0 aliphatic rings. The Morgan fingerprint density at radius 1 is 1.30 bits per heavy atom. The molecule has 1 N–H and O–H groups in total. The number of aryl methyl sites for hydroxylation is 1. The van der Waals surface area contributed by atoms with Crippen molar-refractivity contribution < 1.29 is 9.90 Å². The Balaban J connectivity index is 2.07. The zero-order valence-corrected chi connectivity index (χ0v) is 11.6. The van der Waals surface area contributed by atoms with Crippen LogP contribution in [0, 0.1) is 6.92 Å². The fourth-order valence-corrected chi connectivity index (χ4v) is 2.01. The predicted octanol–water partition coefficient (Wildman–Crippen LogP) is 2.16. The number of rotatable bonds is 5. The monoisotopic (exact) mass is 271 g/mol. The number of carboxylic acids is 1. The number of nitrogens with zero attached hydrogens (tertiary/aromatic N) is 3. The average molecular weight is 271 g/mol. The summed E-state index contributed by atoms with van der Waals surface area (Å²) in [5.41, 5.74) is 1.19. The molecule has 2 rings (SSSR count). The summed E-state index contributed by atoms with van der Waals surface area (Å²) in [7, 11) is 1.94. The van der Waals surface area contributed by atoms with E-state index in [1.54, 1.807) is 18.3 Å². The van der Waals surface area contributed by atoms with Crippen LogP contribution in [0.5, 0.6) is 0 Å². The van der Waals surface area contributed by atoms with E-state index in [1.807, 2.05) is 37.1 Å². The van der Waals surface area contributed by atoms with Gasteiger partial charge in [-0.05, 0) is 31.0 Å². The molecule has 0 radical (unpaired) electrons. The Bertz CT molecular complexity index is 614. The number of hydrogen-bond acceptors (Lipinski definition) is 4. The van der Waals surface area contributed by atoms with Gasteiger partial charge in [-0.1, -0.05) is 18.2 Å². The van der Waals surface area contributed by atoms with Crippen molar-refractivity contribution in [2.75, 3.05) is 18.5 Å². The minimum atomic E-state index is -0.888. The molecule has 0 atom stereocenters. The van der Waals surface area contributed by atoms with E-state index in [-0.39, 0.29) is 0 Å². The summed E-state index contributed by atoms with van der Waals surface area (Å²) in [6.45, 7) is 2.54. The fourth-order valence-electron chi connectivity index (χ4n) is 2.01. The van der Waals surface area contributed by atoms with Crippen LogP contribution >= 0.6 is 0 Å². The molecule has 0 saturated heterocycles. The number of carboxylic acid groups (broad SMARTS) is 1. The van der Waals surface area contributed by atoms with Gasteiger partial charge in [-0.3, -0.25) is 0 Å². The number of benzene rings is 1. The number of aromatic nitrogens is 2. The van der Waals surface area contributed by atoms with Gasteiger partial charge in [-0.15, -0.1) is 0 Å². The van der Waals surface area contributed by atoms with Crippen molar-refractivity contribution in [3.05, 3.63) is 53.5 Å². The molecule has 1 heterocycles. The fraction of sp³-hybridized carbons (Fsp3) is 0.267. The molecule has 0 aliphatic heterocycles. The lowest BCUT2D eigenvalue weighted by Gasteiger charge is -2.18. The first-order chi connectivity index (χ1) is 9.58. The summed E-state index contributed by atoms with van der Waals surface area (Å²) >= 11 is 0. The third kappa shape index (κ3) is 3.32. The molecule has 20 heavy (non-hydrogen) atoms. The largest absolute Gasteiger partial charge is 0.478 e. The van der Waals surface area contributed by atoms with Gasteiger partial charge in [0.25, 0.3) is 0 Å². The maximum atomic E-state index is 11.1. The molecule has 0 saturated carbocycles. The zero-order chi connectivity index (χ0) is 14.5. The summed E-state index contributed by atoms with van der Waals surface area (Å²) < 4.78 is 0. The smallest absolute Gasteiger partial charge is 0.335 e. The second-order valence-corrected chi connectivity index (χ2v) is 4.60. The SMILES string of the molecule is Cc1nccc(N(C)CCc2ccccc2C(=O)O)n1. The highest BCUT2D eigenvalue weighted by Gasteiger charge is 2.10. The molecule has 2 aromatic rings. The standard InChI is InChI=1S/C15H17N3O2/c1-11-16-9-7-14(17-11)18(2)10-8-12-5-3-4-6-13(12)15(19)20/h3-7,9H,8,10H2,1-2H3,(H,19,20). The summed E-state index contributed by atoms with van der Waals surface area (Å²) in [6.07, 6.45) is 2.38. The molecular weight excluding hydrogens is 254 g/mol. The van der Waals surface area contributed by atoms with E-state index in [9.17, 15) is 4.79 Å². The van der Waals surface area contributed by atoms with E-state index in [2.05, 4.69) is 9.97 Å². The van der Waals surface area contributed by atoms with Crippen LogP contribution in [0.1, 0.15) is 21.7 Å². The summed E-state index contributed by atoms with van der Waals surface area (Å²) in [5, 5.41) is 9.15. The van der Waals surface area contributed by atoms with Crippen LogP contribution < -0.4 is 4.90 Å². The summed E-state index contributed by atoms with van der Waals surface area (Å²) in [4.78, 5) is 21.5. The Labute approximate surface area is 117 Å². The lowest BCUT2D eigenvalue weighted by atomic mass is 10.0. The molecule has 0 fully saturated rings. The van der Waals surface area contributed by atoms with Crippen molar-refractivity contribution in [1.29, 1.82) is 0 Å². The number of hydrogen-bond donors (Lipinski definition) is 1. The van der Waals surface area contributed by atoms with Crippen LogP contribution in [0.4, 0.5) is 5.82 Å². The predicted molar refractivity (Wildman–Crippen MR) is 77.1 cm³/mol. The van der Waals surface area contributed by atoms with E-state index >= 15 is 0 Å². The van der Waals surface area contributed by atoms with E-state index < -0.39 is 5.97 Å². The second kappa shape index (κ2) is 6.14. The molecular formula is C15H17N3O2. The number of anilines is 1. The number of likely N-dealkylation sites (N-methyl/N-ethyl adjacent to an activating group) is 1. The molecule has 104 valence electrons. The van der Waals surface area contributed by atoms with Crippen LogP contribution in [-0.4, -0.2) is 34.6 Å². The van der Waals surface area contributed by atoms with Crippen LogP contribution in [0.25, 0.3) is 0 Å². The molecule has 5 heteroatoms. The van der Waals surface area contributed by atoms with Crippen LogP contribution in [-0.2, 0) is 6.42 Å². The molecule has 5 nitrogen and oxygen atoms in total. The Hall–Kier alpha value is -2.43. The molecule has 0 aliphatic carbocycles. The lowest BCUT2D eigenvalue weighted by molar-refractivity contribution is 0.0695. The van der Waals surface area contributed by atoms with E-state index in [4.69, 9.17) is 5.11 Å². The van der Waals surface area contributed by atoms with Gasteiger partial charge in [-0.2, -0.15) is 0 Å². The lowest BCUT2D eigenvalue weighted by Crippen LogP contribution is -2.22. The van der Waals surface area contributed by atoms with Gasteiger partial charge >= 0.3 is 5.97 Å². The molecule has 0 bridgehead atoms. The van der Waals surface area contributed by atoms with Gasteiger partial charge in [0, 0.05) is 19.8 Å². The summed E-state index contributed by atoms with van der Waals surface area (Å²) in [6, 6.07) is 8.92. The van der Waals surface area contributed by atoms with E-state index in [0.29, 0.717) is 18.5 Å². The van der Waals surface area contributed by atoms with Crippen molar-refractivity contribution in [3.63, 3.8) is 0 Å². The van der Waals surface area contributed by atoms with Crippen molar-refractivity contribution in [2.24, 2.45) is 0 Å². The Kier molecular flexibility index (Phi) is 4.30. The van der Waals surface area contributed by atoms with Gasteiger partial charge in [0.2, 0.25) is 0 Å². The van der Waals surface area contributed by atoms with Crippen molar-refractivity contribution in [3.8, 4) is 0 Å². The van der Waals surface area contributed by atoms with Gasteiger partial charge in [-0.25, -0.2) is 14.8 Å². The third-order valence-electron chi connectivity index (χ3n) is 3.12. The van der Waals surface area contributed by atoms with Gasteiger partial charge in [0.1, 0.15) is 11.6 Å². The average Bonchev–Trinajstić information content (AvgIpc) is 2.45. The number of carbonyl (C=O) groups is 1. The highest BCUT2D eigenvalue weighted by Crippen LogP contribution is 2.12.